The van der Waals surface area contributed by atoms with Crippen LogP contribution in [0.1, 0.15) is 54.6 Å². The number of nitrogens with zero attached hydrogens (tertiary/aromatic N) is 2. The lowest BCUT2D eigenvalue weighted by Crippen LogP contribution is -2.48. The maximum atomic E-state index is 11.0. The molecule has 1 atom stereocenters. The van der Waals surface area contributed by atoms with E-state index in [2.05, 4.69) is 33.0 Å². The first kappa shape index (κ1) is 23.8. The monoisotopic (exact) mass is 437 g/mol. The largest absolute Gasteiger partial charge is 0.478 e. The molecule has 2 aliphatic rings. The molecule has 1 unspecified atom stereocenters. The number of rotatable bonds is 6. The van der Waals surface area contributed by atoms with Crippen molar-refractivity contribution in [2.24, 2.45) is 4.99 Å². The van der Waals surface area contributed by atoms with E-state index in [0.29, 0.717) is 17.6 Å². The van der Waals surface area contributed by atoms with Crippen LogP contribution < -0.4 is 16.0 Å². The molecule has 0 aromatic heterocycles. The Hall–Kier alpha value is -2.90. The number of benzene rings is 2. The van der Waals surface area contributed by atoms with Gasteiger partial charge in [-0.05, 0) is 55.5 Å². The van der Waals surface area contributed by atoms with Crippen molar-refractivity contribution in [1.82, 2.24) is 15.5 Å². The van der Waals surface area contributed by atoms with Gasteiger partial charge in [-0.25, -0.2) is 9.79 Å². The molecule has 172 valence electrons. The first-order valence-electron chi connectivity index (χ1n) is 10.9. The molecule has 0 spiro atoms. The molecule has 32 heavy (non-hydrogen) atoms. The van der Waals surface area contributed by atoms with Gasteiger partial charge in [0.05, 0.1) is 5.56 Å². The van der Waals surface area contributed by atoms with E-state index in [0.717, 1.165) is 54.9 Å². The number of hydrogen-bond donors (Lipinski definition) is 4. The highest BCUT2D eigenvalue weighted by Gasteiger charge is 2.26. The van der Waals surface area contributed by atoms with E-state index in [9.17, 15) is 4.79 Å². The van der Waals surface area contributed by atoms with E-state index in [1.165, 1.54) is 0 Å². The average molecular weight is 438 g/mol. The minimum atomic E-state index is -0.886. The van der Waals surface area contributed by atoms with Crippen LogP contribution in [0, 0.1) is 0 Å². The first-order valence-corrected chi connectivity index (χ1v) is 10.9. The number of nitrogens with one attached hydrogen (secondary N) is 3. The molecule has 7 heteroatoms. The molecule has 1 heterocycles. The zero-order valence-corrected chi connectivity index (χ0v) is 18.1. The summed E-state index contributed by atoms with van der Waals surface area (Å²) in [7, 11) is 4.06. The number of carboxylic acids is 1. The van der Waals surface area contributed by atoms with Gasteiger partial charge in [0.25, 0.3) is 0 Å². The van der Waals surface area contributed by atoms with Crippen LogP contribution in [0.2, 0.25) is 0 Å². The lowest BCUT2D eigenvalue weighted by Gasteiger charge is -2.34. The lowest BCUT2D eigenvalue weighted by atomic mass is 9.91. The van der Waals surface area contributed by atoms with Crippen molar-refractivity contribution in [2.45, 2.75) is 58.0 Å². The number of anilines is 1. The zero-order valence-electron chi connectivity index (χ0n) is 18.1. The van der Waals surface area contributed by atoms with E-state index in [1.807, 2.05) is 38.4 Å². The third-order valence-electron chi connectivity index (χ3n) is 6.05. The third-order valence-corrected chi connectivity index (χ3v) is 6.05. The first-order chi connectivity index (χ1) is 15.0. The van der Waals surface area contributed by atoms with Gasteiger partial charge in [-0.2, -0.15) is 0 Å². The number of aliphatic imine (C=N–C) groups is 1. The molecule has 2 aromatic rings. The van der Waals surface area contributed by atoms with E-state index >= 15 is 0 Å². The number of carbonyl (C=O) groups is 1. The number of amidine groups is 1. The van der Waals surface area contributed by atoms with Gasteiger partial charge in [-0.3, -0.25) is 5.32 Å². The Morgan fingerprint density at radius 1 is 1.06 bits per heavy atom. The summed E-state index contributed by atoms with van der Waals surface area (Å²) in [4.78, 5) is 17.9. The molecule has 1 fully saturated rings. The van der Waals surface area contributed by atoms with Crippen molar-refractivity contribution >= 4 is 17.5 Å². The van der Waals surface area contributed by atoms with Crippen molar-refractivity contribution in [2.75, 3.05) is 19.4 Å². The van der Waals surface area contributed by atoms with Crippen molar-refractivity contribution in [3.05, 3.63) is 65.2 Å². The number of fused-ring (bicyclic) bond motifs is 1. The Labute approximate surface area is 190 Å². The van der Waals surface area contributed by atoms with Crippen molar-refractivity contribution in [3.63, 3.8) is 0 Å². The standard InChI is InChI=1S/C24H31N5O2.CH4/c1-29(2)22-20-5-3-4-6-21(20)27-24(28-22)26-19-13-11-18(12-14-19)25-15-16-7-9-17(10-8-16)23(30)31;/h3-10,18-19,24-27H,11-15H2,1-2H3,(H,30,31);1H4. The molecule has 0 amide bonds. The summed E-state index contributed by atoms with van der Waals surface area (Å²) in [6.07, 6.45) is 4.30. The smallest absolute Gasteiger partial charge is 0.335 e. The van der Waals surface area contributed by atoms with E-state index in [4.69, 9.17) is 10.1 Å². The molecule has 4 rings (SSSR count). The number of carboxylic acid groups (broad SMARTS) is 1. The highest BCUT2D eigenvalue weighted by Crippen LogP contribution is 2.24. The molecule has 2 aromatic carbocycles. The fraction of sp³-hybridized carbons (Fsp3) is 0.440. The van der Waals surface area contributed by atoms with Gasteiger partial charge in [0.1, 0.15) is 5.84 Å². The quantitative estimate of drug-likeness (QED) is 0.551. The average Bonchev–Trinajstić information content (AvgIpc) is 2.78. The van der Waals surface area contributed by atoms with Crippen molar-refractivity contribution < 1.29 is 9.90 Å². The second kappa shape index (κ2) is 10.6. The molecular weight excluding hydrogens is 402 g/mol. The summed E-state index contributed by atoms with van der Waals surface area (Å²) in [5, 5.41) is 19.8. The Morgan fingerprint density at radius 3 is 2.38 bits per heavy atom. The van der Waals surface area contributed by atoms with Crippen LogP contribution in [0.4, 0.5) is 5.69 Å². The second-order valence-electron chi connectivity index (χ2n) is 8.54. The van der Waals surface area contributed by atoms with Crippen LogP contribution in [-0.4, -0.2) is 54.3 Å². The van der Waals surface area contributed by atoms with Crippen LogP contribution in [0.25, 0.3) is 0 Å². The molecule has 0 radical (unpaired) electrons. The molecule has 7 nitrogen and oxygen atoms in total. The van der Waals surface area contributed by atoms with Gasteiger partial charge in [0.2, 0.25) is 0 Å². The predicted octanol–water partition coefficient (Wildman–Crippen LogP) is 3.73. The van der Waals surface area contributed by atoms with Gasteiger partial charge in [-0.15, -0.1) is 0 Å². The molecule has 4 N–H and O–H groups in total. The van der Waals surface area contributed by atoms with Crippen LogP contribution in [0.5, 0.6) is 0 Å². The molecule has 1 aliphatic heterocycles. The Bertz CT molecular complexity index is 934. The van der Waals surface area contributed by atoms with E-state index < -0.39 is 5.97 Å². The summed E-state index contributed by atoms with van der Waals surface area (Å²) in [5.41, 5.74) is 3.69. The van der Waals surface area contributed by atoms with E-state index in [-0.39, 0.29) is 13.7 Å². The Balaban J connectivity index is 0.00000289. The Morgan fingerprint density at radius 2 is 1.72 bits per heavy atom. The van der Waals surface area contributed by atoms with Gasteiger partial charge < -0.3 is 20.6 Å². The fourth-order valence-corrected chi connectivity index (χ4v) is 4.33. The summed E-state index contributed by atoms with van der Waals surface area (Å²) < 4.78 is 0. The minimum absolute atomic E-state index is 0. The molecule has 1 aliphatic carbocycles. The second-order valence-corrected chi connectivity index (χ2v) is 8.54. The number of hydrogen-bond acceptors (Lipinski definition) is 6. The molecule has 0 bridgehead atoms. The van der Waals surface area contributed by atoms with Crippen LogP contribution in [0.3, 0.4) is 0 Å². The maximum Gasteiger partial charge on any atom is 0.335 e. The molecule has 0 saturated heterocycles. The summed E-state index contributed by atoms with van der Waals surface area (Å²) in [6, 6.07) is 16.3. The Kier molecular flexibility index (Phi) is 7.88. The minimum Gasteiger partial charge on any atom is -0.478 e. The van der Waals surface area contributed by atoms with Gasteiger partial charge in [0, 0.05) is 44.0 Å². The topological polar surface area (TPSA) is 89.0 Å². The summed E-state index contributed by atoms with van der Waals surface area (Å²) in [6.45, 7) is 0.764. The van der Waals surface area contributed by atoms with Gasteiger partial charge >= 0.3 is 5.97 Å². The predicted molar refractivity (Wildman–Crippen MR) is 130 cm³/mol. The summed E-state index contributed by atoms with van der Waals surface area (Å²) >= 11 is 0. The van der Waals surface area contributed by atoms with Gasteiger partial charge in [-0.1, -0.05) is 31.7 Å². The SMILES string of the molecule is C.CN(C)C1=NC(NC2CCC(NCc3ccc(C(=O)O)cc3)CC2)Nc2ccccc21. The maximum absolute atomic E-state index is 11.0. The highest BCUT2D eigenvalue weighted by molar-refractivity contribution is 6.04. The highest BCUT2D eigenvalue weighted by atomic mass is 16.4. The van der Waals surface area contributed by atoms with Crippen molar-refractivity contribution in [3.8, 4) is 0 Å². The fourth-order valence-electron chi connectivity index (χ4n) is 4.33. The number of aromatic carboxylic acids is 1. The number of para-hydroxylation sites is 1. The third kappa shape index (κ3) is 5.66. The summed E-state index contributed by atoms with van der Waals surface area (Å²) in [5.74, 6) is 0.111. The molecule has 1 saturated carbocycles. The lowest BCUT2D eigenvalue weighted by molar-refractivity contribution is 0.0697. The van der Waals surface area contributed by atoms with Crippen LogP contribution in [0.15, 0.2) is 53.5 Å². The van der Waals surface area contributed by atoms with Crippen LogP contribution in [-0.2, 0) is 6.54 Å². The zero-order chi connectivity index (χ0) is 21.8. The van der Waals surface area contributed by atoms with Crippen LogP contribution >= 0.6 is 0 Å². The van der Waals surface area contributed by atoms with Gasteiger partial charge in [0.15, 0.2) is 6.29 Å². The van der Waals surface area contributed by atoms with E-state index in [1.54, 1.807) is 12.1 Å². The van der Waals surface area contributed by atoms with Crippen molar-refractivity contribution in [1.29, 1.82) is 0 Å². The normalized spacial score (nSPS) is 22.1. The molecular formula is C25H35N5O2.